The molecular formula is C41H53NS. The van der Waals surface area contributed by atoms with Crippen LogP contribution in [0.25, 0.3) is 21.5 Å². The van der Waals surface area contributed by atoms with Crippen LogP contribution in [0.2, 0.25) is 0 Å². The van der Waals surface area contributed by atoms with Gasteiger partial charge < -0.3 is 4.57 Å². The largest absolute Gasteiger partial charge is 0.333 e. The molecule has 0 unspecified atom stereocenters. The second kappa shape index (κ2) is 13.2. The van der Waals surface area contributed by atoms with Crippen LogP contribution in [-0.2, 0) is 16.4 Å². The lowest BCUT2D eigenvalue weighted by Gasteiger charge is -2.24. The minimum absolute atomic E-state index is 0.0379. The van der Waals surface area contributed by atoms with Gasteiger partial charge in [0.05, 0.1) is 0 Å². The third kappa shape index (κ3) is 8.89. The molecule has 0 amide bonds. The van der Waals surface area contributed by atoms with E-state index in [1.165, 1.54) is 49.5 Å². The molecule has 1 aromatic heterocycles. The zero-order chi connectivity index (χ0) is 32.3. The first-order chi connectivity index (χ1) is 19.8. The predicted molar refractivity (Wildman–Crippen MR) is 195 cm³/mol. The van der Waals surface area contributed by atoms with Gasteiger partial charge in [0.2, 0.25) is 0 Å². The molecule has 0 aliphatic rings. The smallest absolute Gasteiger partial charge is 0.114 e. The van der Waals surface area contributed by atoms with Crippen LogP contribution in [0.1, 0.15) is 95.7 Å². The van der Waals surface area contributed by atoms with E-state index >= 15 is 0 Å². The quantitative estimate of drug-likeness (QED) is 0.162. The number of hydrogen-bond donors (Lipinski definition) is 0. The number of hydrogen-bond acceptors (Lipinski definition) is 1. The highest BCUT2D eigenvalue weighted by Gasteiger charge is 2.17. The van der Waals surface area contributed by atoms with Crippen LogP contribution in [0.15, 0.2) is 85.1 Å². The van der Waals surface area contributed by atoms with Crippen LogP contribution < -0.4 is 0 Å². The Morgan fingerprint density at radius 2 is 1.02 bits per heavy atom. The molecule has 0 spiro atoms. The van der Waals surface area contributed by atoms with Crippen LogP contribution >= 0.6 is 12.2 Å². The first-order valence-electron chi connectivity index (χ1n) is 15.5. The fraction of sp³-hybridized carbons (Fsp3) is 0.390. The van der Waals surface area contributed by atoms with E-state index in [1.807, 2.05) is 0 Å². The van der Waals surface area contributed by atoms with E-state index in [2.05, 4.69) is 180 Å². The number of aryl methyl sites for hydroxylation is 4. The Kier molecular flexibility index (Phi) is 10.5. The molecule has 1 heterocycles. The van der Waals surface area contributed by atoms with Crippen LogP contribution in [0, 0.1) is 32.3 Å². The van der Waals surface area contributed by atoms with Crippen LogP contribution in [0.4, 0.5) is 0 Å². The first kappa shape index (κ1) is 34.3. The zero-order valence-electron chi connectivity index (χ0n) is 28.9. The van der Waals surface area contributed by atoms with Crippen molar-refractivity contribution in [2.45, 2.75) is 106 Å². The summed E-state index contributed by atoms with van der Waals surface area (Å²) in [6.07, 6.45) is 2.09. The lowest BCUT2D eigenvalue weighted by Crippen LogP contribution is -2.22. The van der Waals surface area contributed by atoms with E-state index in [-0.39, 0.29) is 16.4 Å². The molecule has 43 heavy (non-hydrogen) atoms. The molecule has 5 rings (SSSR count). The first-order valence-corrected chi connectivity index (χ1v) is 15.9. The third-order valence-corrected chi connectivity index (χ3v) is 8.29. The highest BCUT2D eigenvalue weighted by atomic mass is 32.1. The molecule has 0 N–H and O–H groups in total. The summed E-state index contributed by atoms with van der Waals surface area (Å²) < 4.78 is 3.07. The van der Waals surface area contributed by atoms with Crippen LogP contribution in [0.5, 0.6) is 0 Å². The van der Waals surface area contributed by atoms with Gasteiger partial charge in [-0.3, -0.25) is 0 Å². The third-order valence-electron chi connectivity index (χ3n) is 7.87. The maximum Gasteiger partial charge on any atom is 0.114 e. The van der Waals surface area contributed by atoms with Gasteiger partial charge in [-0.05, 0) is 104 Å². The van der Waals surface area contributed by atoms with Crippen molar-refractivity contribution in [2.75, 3.05) is 0 Å². The van der Waals surface area contributed by atoms with Crippen molar-refractivity contribution >= 4 is 33.8 Å². The lowest BCUT2D eigenvalue weighted by molar-refractivity contribution is 0.392. The Hall–Kier alpha value is -3.23. The minimum Gasteiger partial charge on any atom is -0.333 e. The molecular weight excluding hydrogens is 539 g/mol. The van der Waals surface area contributed by atoms with Crippen molar-refractivity contribution in [3.05, 3.63) is 123 Å². The molecule has 0 aliphatic heterocycles. The monoisotopic (exact) mass is 591 g/mol. The lowest BCUT2D eigenvalue weighted by atomic mass is 9.83. The standard InChI is InChI=1S/C15H18.C14H17NS.C12H18/c1-11-9-12-7-5-6-8-13(12)10-14(11)15(2,3)4;1-10-5-6-12-11(9-10)7-8-15(13(12)16)14(2,3)4;1-9-6-7-11(10(2)8-9)12(3,4)5/h5-10H,1-4H3;5-9H,1-4H3;6-8H,1-5H3. The topological polar surface area (TPSA) is 4.93 Å². The van der Waals surface area contributed by atoms with Gasteiger partial charge in [0.1, 0.15) is 4.64 Å². The van der Waals surface area contributed by atoms with Crippen LogP contribution in [0.3, 0.4) is 0 Å². The summed E-state index contributed by atoms with van der Waals surface area (Å²) in [5.74, 6) is 0. The van der Waals surface area contributed by atoms with E-state index in [9.17, 15) is 0 Å². The van der Waals surface area contributed by atoms with Gasteiger partial charge in [0.15, 0.2) is 0 Å². The summed E-state index contributed by atoms with van der Waals surface area (Å²) in [5.41, 5.74) is 8.86. The molecule has 0 fully saturated rings. The molecule has 1 nitrogen and oxygen atoms in total. The molecule has 228 valence electrons. The molecule has 4 aromatic carbocycles. The maximum atomic E-state index is 5.55. The fourth-order valence-electron chi connectivity index (χ4n) is 5.71. The number of benzene rings is 4. The molecule has 0 saturated carbocycles. The van der Waals surface area contributed by atoms with E-state index in [0.717, 1.165) is 10.0 Å². The Bertz CT molecular complexity index is 1770. The van der Waals surface area contributed by atoms with Crippen LogP contribution in [-0.4, -0.2) is 4.57 Å². The summed E-state index contributed by atoms with van der Waals surface area (Å²) in [6.45, 7) is 28.7. The molecule has 2 heteroatoms. The summed E-state index contributed by atoms with van der Waals surface area (Å²) in [4.78, 5) is 0. The average molecular weight is 592 g/mol. The maximum absolute atomic E-state index is 5.55. The molecule has 0 saturated heterocycles. The van der Waals surface area contributed by atoms with Gasteiger partial charge >= 0.3 is 0 Å². The van der Waals surface area contributed by atoms with Crippen molar-refractivity contribution in [3.8, 4) is 0 Å². The molecule has 0 atom stereocenters. The highest BCUT2D eigenvalue weighted by molar-refractivity contribution is 7.71. The van der Waals surface area contributed by atoms with Gasteiger partial charge in [0.25, 0.3) is 0 Å². The van der Waals surface area contributed by atoms with Crippen molar-refractivity contribution in [1.29, 1.82) is 0 Å². The molecule has 0 aliphatic carbocycles. The van der Waals surface area contributed by atoms with Gasteiger partial charge in [-0.25, -0.2) is 0 Å². The molecule has 0 bridgehead atoms. The SMILES string of the molecule is Cc1cc2ccccc2cc1C(C)(C)C.Cc1ccc(C(C)(C)C)c(C)c1.Cc1ccc2c(=S)n(C(C)(C)C)ccc2c1. The number of fused-ring (bicyclic) bond motifs is 2. The number of pyridine rings is 1. The number of rotatable bonds is 0. The summed E-state index contributed by atoms with van der Waals surface area (Å²) in [5, 5.41) is 5.07. The number of nitrogens with zero attached hydrogens (tertiary/aromatic N) is 1. The van der Waals surface area contributed by atoms with Crippen molar-refractivity contribution in [3.63, 3.8) is 0 Å². The molecule has 5 aromatic rings. The summed E-state index contributed by atoms with van der Waals surface area (Å²) in [6, 6.07) is 28.4. The van der Waals surface area contributed by atoms with Gasteiger partial charge in [0, 0.05) is 17.1 Å². The predicted octanol–water partition coefficient (Wildman–Crippen LogP) is 12.5. The van der Waals surface area contributed by atoms with Gasteiger partial charge in [-0.15, -0.1) is 0 Å². The molecule has 0 radical (unpaired) electrons. The number of aromatic nitrogens is 1. The fourth-order valence-corrected chi connectivity index (χ4v) is 6.23. The normalized spacial score (nSPS) is 11.9. The van der Waals surface area contributed by atoms with E-state index in [4.69, 9.17) is 12.2 Å². The minimum atomic E-state index is 0.0379. The average Bonchev–Trinajstić information content (AvgIpc) is 2.87. The van der Waals surface area contributed by atoms with Gasteiger partial charge in [-0.1, -0.05) is 138 Å². The Morgan fingerprint density at radius 1 is 0.512 bits per heavy atom. The van der Waals surface area contributed by atoms with Crippen molar-refractivity contribution in [2.24, 2.45) is 0 Å². The van der Waals surface area contributed by atoms with E-state index in [1.54, 1.807) is 0 Å². The van der Waals surface area contributed by atoms with Gasteiger partial charge in [-0.2, -0.15) is 0 Å². The second-order valence-corrected chi connectivity index (χ2v) is 15.5. The van der Waals surface area contributed by atoms with E-state index < -0.39 is 0 Å². The summed E-state index contributed by atoms with van der Waals surface area (Å²) >= 11 is 5.55. The highest BCUT2D eigenvalue weighted by Crippen LogP contribution is 2.29. The van der Waals surface area contributed by atoms with Crippen molar-refractivity contribution in [1.82, 2.24) is 4.57 Å². The zero-order valence-corrected chi connectivity index (χ0v) is 29.8. The van der Waals surface area contributed by atoms with E-state index in [0.29, 0.717) is 0 Å². The Labute approximate surface area is 267 Å². The summed E-state index contributed by atoms with van der Waals surface area (Å²) in [7, 11) is 0. The Morgan fingerprint density at radius 3 is 1.56 bits per heavy atom. The van der Waals surface area contributed by atoms with Crippen molar-refractivity contribution < 1.29 is 0 Å². The second-order valence-electron chi connectivity index (χ2n) is 15.1. The Balaban J connectivity index is 0.000000179.